The van der Waals surface area contributed by atoms with Crippen LogP contribution in [0, 0.1) is 26.2 Å². The molecular weight excluding hydrogens is 552 g/mol. The summed E-state index contributed by atoms with van der Waals surface area (Å²) in [5.74, 6) is -0.692. The summed E-state index contributed by atoms with van der Waals surface area (Å²) in [7, 11) is 0. The van der Waals surface area contributed by atoms with E-state index in [2.05, 4.69) is 31.9 Å². The Morgan fingerprint density at radius 2 is 1.61 bits per heavy atom. The Bertz CT molecular complexity index is 1000. The highest BCUT2D eigenvalue weighted by molar-refractivity contribution is 9.10. The van der Waals surface area contributed by atoms with Gasteiger partial charge < -0.3 is 31.2 Å². The number of nitrogens with one attached hydrogen (secondary N) is 3. The highest BCUT2D eigenvalue weighted by atomic mass is 79.9. The molecule has 0 fully saturated rings. The van der Waals surface area contributed by atoms with Crippen molar-refractivity contribution in [2.75, 3.05) is 25.1 Å². The van der Waals surface area contributed by atoms with E-state index in [0.29, 0.717) is 13.2 Å². The zero-order valence-corrected chi connectivity index (χ0v) is 26.3. The standard InChI is InChI=1S/C28H47BrN4O5/c1-17-13-18(2)23(19(3)22(17)29)32-21(34)12-11-20(31-25(36)38-26(4,5)6)24(35)33-28(9,10)16-37-15-27(7,8)14-30/h13,20H,11-12,14-16,30H2,1-10H3,(H,31,36)(H,32,34)(H,33,35)/t20-/m0/s1. The first-order chi connectivity index (χ1) is 17.3. The Kier molecular flexibility index (Phi) is 12.3. The zero-order valence-electron chi connectivity index (χ0n) is 24.7. The maximum Gasteiger partial charge on any atom is 0.408 e. The molecule has 0 bridgehead atoms. The molecule has 10 heteroatoms. The van der Waals surface area contributed by atoms with Gasteiger partial charge in [0.1, 0.15) is 11.6 Å². The summed E-state index contributed by atoms with van der Waals surface area (Å²) in [5, 5.41) is 8.51. The minimum atomic E-state index is -0.984. The summed E-state index contributed by atoms with van der Waals surface area (Å²) >= 11 is 3.56. The predicted octanol–water partition coefficient (Wildman–Crippen LogP) is 4.88. The molecule has 9 nitrogen and oxygen atoms in total. The third-order valence-electron chi connectivity index (χ3n) is 5.78. The number of carbonyl (C=O) groups excluding carboxylic acids is 3. The molecule has 38 heavy (non-hydrogen) atoms. The van der Waals surface area contributed by atoms with Crippen molar-refractivity contribution in [3.05, 3.63) is 27.2 Å². The molecule has 0 aliphatic carbocycles. The van der Waals surface area contributed by atoms with Crippen LogP contribution in [0.15, 0.2) is 10.5 Å². The topological polar surface area (TPSA) is 132 Å². The van der Waals surface area contributed by atoms with Crippen LogP contribution in [0.4, 0.5) is 10.5 Å². The average molecular weight is 600 g/mol. The summed E-state index contributed by atoms with van der Waals surface area (Å²) in [6.45, 7) is 19.9. The van der Waals surface area contributed by atoms with Crippen LogP contribution < -0.4 is 21.7 Å². The van der Waals surface area contributed by atoms with E-state index in [1.54, 1.807) is 20.8 Å². The van der Waals surface area contributed by atoms with Crippen molar-refractivity contribution in [3.8, 4) is 0 Å². The summed E-state index contributed by atoms with van der Waals surface area (Å²) in [5.41, 5.74) is 7.80. The number of hydrogen-bond acceptors (Lipinski definition) is 6. The molecule has 0 saturated carbocycles. The van der Waals surface area contributed by atoms with Crippen LogP contribution in [0.25, 0.3) is 0 Å². The van der Waals surface area contributed by atoms with Gasteiger partial charge in [0.25, 0.3) is 0 Å². The van der Waals surface area contributed by atoms with Crippen molar-refractivity contribution < 1.29 is 23.9 Å². The first kappa shape index (κ1) is 33.9. The van der Waals surface area contributed by atoms with Crippen molar-refractivity contribution in [2.45, 2.75) is 99.3 Å². The number of nitrogens with two attached hydrogens (primary N) is 1. The van der Waals surface area contributed by atoms with Gasteiger partial charge in [-0.15, -0.1) is 0 Å². The van der Waals surface area contributed by atoms with E-state index >= 15 is 0 Å². The van der Waals surface area contributed by atoms with Gasteiger partial charge in [0.05, 0.1) is 18.8 Å². The molecule has 0 heterocycles. The van der Waals surface area contributed by atoms with Gasteiger partial charge in [-0.25, -0.2) is 4.79 Å². The van der Waals surface area contributed by atoms with Crippen LogP contribution in [0.3, 0.4) is 0 Å². The van der Waals surface area contributed by atoms with Gasteiger partial charge in [-0.05, 0) is 85.0 Å². The lowest BCUT2D eigenvalue weighted by molar-refractivity contribution is -0.126. The smallest absolute Gasteiger partial charge is 0.408 e. The number of alkyl carbamates (subject to hydrolysis) is 1. The van der Waals surface area contributed by atoms with E-state index < -0.39 is 29.2 Å². The minimum absolute atomic E-state index is 0.0138. The number of halogens is 1. The molecule has 216 valence electrons. The van der Waals surface area contributed by atoms with E-state index in [1.165, 1.54) is 0 Å². The molecule has 0 aliphatic rings. The summed E-state index contributed by atoms with van der Waals surface area (Å²) < 4.78 is 12.1. The first-order valence-corrected chi connectivity index (χ1v) is 13.7. The van der Waals surface area contributed by atoms with Crippen LogP contribution in [-0.4, -0.2) is 54.8 Å². The number of anilines is 1. The Hall–Kier alpha value is -2.17. The van der Waals surface area contributed by atoms with Crippen LogP contribution in [0.1, 0.15) is 78.0 Å². The lowest BCUT2D eigenvalue weighted by Gasteiger charge is -2.31. The number of amides is 3. The molecule has 0 radical (unpaired) electrons. The number of benzene rings is 1. The largest absolute Gasteiger partial charge is 0.444 e. The number of aryl methyl sites for hydroxylation is 2. The van der Waals surface area contributed by atoms with Gasteiger partial charge in [-0.3, -0.25) is 9.59 Å². The van der Waals surface area contributed by atoms with Crippen LogP contribution in [0.2, 0.25) is 0 Å². The number of rotatable bonds is 12. The van der Waals surface area contributed by atoms with Crippen LogP contribution >= 0.6 is 15.9 Å². The molecule has 3 amide bonds. The molecule has 1 aromatic carbocycles. The summed E-state index contributed by atoms with van der Waals surface area (Å²) in [6.07, 6.45) is -0.634. The fraction of sp³-hybridized carbons (Fsp3) is 0.679. The lowest BCUT2D eigenvalue weighted by atomic mass is 9.95. The first-order valence-electron chi connectivity index (χ1n) is 12.9. The van der Waals surface area contributed by atoms with Gasteiger partial charge in [-0.1, -0.05) is 35.8 Å². The number of ether oxygens (including phenoxy) is 2. The highest BCUT2D eigenvalue weighted by Gasteiger charge is 2.30. The molecular formula is C28H47BrN4O5. The molecule has 0 aromatic heterocycles. The van der Waals surface area contributed by atoms with Gasteiger partial charge in [0.2, 0.25) is 11.8 Å². The quantitative estimate of drug-likeness (QED) is 0.271. The average Bonchev–Trinajstić information content (AvgIpc) is 2.76. The van der Waals surface area contributed by atoms with Gasteiger partial charge in [-0.2, -0.15) is 0 Å². The fourth-order valence-corrected chi connectivity index (χ4v) is 3.96. The predicted molar refractivity (Wildman–Crippen MR) is 155 cm³/mol. The molecule has 0 saturated heterocycles. The summed E-state index contributed by atoms with van der Waals surface area (Å²) in [6, 6.07) is 1.01. The normalized spacial score (nSPS) is 13.1. The molecule has 5 N–H and O–H groups in total. The lowest BCUT2D eigenvalue weighted by Crippen LogP contribution is -2.55. The molecule has 1 aromatic rings. The molecule has 1 atom stereocenters. The van der Waals surface area contributed by atoms with E-state index in [-0.39, 0.29) is 30.8 Å². The van der Waals surface area contributed by atoms with Gasteiger partial charge in [0, 0.05) is 22.0 Å². The van der Waals surface area contributed by atoms with Gasteiger partial charge >= 0.3 is 6.09 Å². The molecule has 0 unspecified atom stereocenters. The molecule has 0 aliphatic heterocycles. The highest BCUT2D eigenvalue weighted by Crippen LogP contribution is 2.31. The van der Waals surface area contributed by atoms with Crippen LogP contribution in [0.5, 0.6) is 0 Å². The fourth-order valence-electron chi connectivity index (χ4n) is 3.65. The van der Waals surface area contributed by atoms with Crippen molar-refractivity contribution in [2.24, 2.45) is 11.1 Å². The number of carbonyl (C=O) groups is 3. The minimum Gasteiger partial charge on any atom is -0.444 e. The monoisotopic (exact) mass is 598 g/mol. The maximum atomic E-state index is 13.2. The zero-order chi connectivity index (χ0) is 29.5. The second kappa shape index (κ2) is 13.8. The van der Waals surface area contributed by atoms with Gasteiger partial charge in [0.15, 0.2) is 0 Å². The Morgan fingerprint density at radius 1 is 1.00 bits per heavy atom. The van der Waals surface area contributed by atoms with Crippen molar-refractivity contribution >= 4 is 39.5 Å². The second-order valence-electron chi connectivity index (χ2n) is 12.3. The van der Waals surface area contributed by atoms with E-state index in [9.17, 15) is 14.4 Å². The Morgan fingerprint density at radius 3 is 2.16 bits per heavy atom. The second-order valence-corrected chi connectivity index (χ2v) is 13.1. The third-order valence-corrected chi connectivity index (χ3v) is 7.00. The van der Waals surface area contributed by atoms with Crippen molar-refractivity contribution in [1.29, 1.82) is 0 Å². The molecule has 0 spiro atoms. The van der Waals surface area contributed by atoms with Crippen molar-refractivity contribution in [1.82, 2.24) is 10.6 Å². The van der Waals surface area contributed by atoms with E-state index in [4.69, 9.17) is 15.2 Å². The maximum absolute atomic E-state index is 13.2. The summed E-state index contributed by atoms with van der Waals surface area (Å²) in [4.78, 5) is 38.6. The van der Waals surface area contributed by atoms with Crippen LogP contribution in [-0.2, 0) is 19.1 Å². The van der Waals surface area contributed by atoms with E-state index in [0.717, 1.165) is 26.9 Å². The van der Waals surface area contributed by atoms with Crippen molar-refractivity contribution in [3.63, 3.8) is 0 Å². The SMILES string of the molecule is Cc1cc(C)c(NC(=O)CC[C@H](NC(=O)OC(C)(C)C)C(=O)NC(C)(C)COCC(C)(C)CN)c(C)c1Br. The molecule has 1 rings (SSSR count). The van der Waals surface area contributed by atoms with E-state index in [1.807, 2.05) is 54.5 Å². The Labute approximate surface area is 236 Å². The number of hydrogen-bond donors (Lipinski definition) is 4. The third kappa shape index (κ3) is 11.7. The Balaban J connectivity index is 2.94.